The second-order valence-electron chi connectivity index (χ2n) is 10.6. The van der Waals surface area contributed by atoms with Crippen molar-refractivity contribution < 1.29 is 73.9 Å². The van der Waals surface area contributed by atoms with Crippen molar-refractivity contribution in [1.82, 2.24) is 0 Å². The van der Waals surface area contributed by atoms with Crippen LogP contribution in [0.2, 0.25) is 0 Å². The second kappa shape index (κ2) is 11.6. The molecule has 3 saturated carbocycles. The maximum absolute atomic E-state index is 12.4. The van der Waals surface area contributed by atoms with E-state index in [0.717, 1.165) is 24.8 Å². The Balaban J connectivity index is 0.000000394. The van der Waals surface area contributed by atoms with Gasteiger partial charge in [0.1, 0.15) is 12.2 Å². The van der Waals surface area contributed by atoms with Gasteiger partial charge in [-0.25, -0.2) is 0 Å². The molecule has 3 fully saturated rings. The van der Waals surface area contributed by atoms with Gasteiger partial charge in [-0.15, -0.1) is 0 Å². The molecule has 0 saturated heterocycles. The number of fused-ring (bicyclic) bond motifs is 5. The average Bonchev–Trinajstić information content (AvgIpc) is 3.08. The summed E-state index contributed by atoms with van der Waals surface area (Å²) in [5.74, 6) is -1.99. The molecule has 0 aromatic carbocycles. The number of hydrogen-bond acceptors (Lipinski definition) is 9. The van der Waals surface area contributed by atoms with Crippen molar-refractivity contribution in [2.45, 2.75) is 70.5 Å². The minimum atomic E-state index is -1.56. The van der Waals surface area contributed by atoms with Crippen LogP contribution in [0.15, 0.2) is 23.8 Å². The van der Waals surface area contributed by atoms with Crippen molar-refractivity contribution in [1.29, 1.82) is 0 Å². The van der Waals surface area contributed by atoms with Crippen LogP contribution in [-0.2, 0) is 23.9 Å². The Morgan fingerprint density at radius 3 is 2.44 bits per heavy atom. The number of carboxylic acids is 1. The quantitative estimate of drug-likeness (QED) is 0.261. The molecule has 4 rings (SSSR count). The van der Waals surface area contributed by atoms with Gasteiger partial charge in [-0.05, 0) is 62.5 Å². The molecule has 0 heterocycles. The summed E-state index contributed by atoms with van der Waals surface area (Å²) in [6.07, 6.45) is 7.30. The second-order valence-corrected chi connectivity index (χ2v) is 10.6. The van der Waals surface area contributed by atoms with Gasteiger partial charge < -0.3 is 30.0 Å². The number of Topliss-reactive ketones (excluding diaryl/α,β-unsaturated/α-hetero) is 1. The van der Waals surface area contributed by atoms with Crippen LogP contribution in [0, 0.1) is 28.6 Å². The number of hydrogen-bond donors (Lipinski definition) is 3. The maximum atomic E-state index is 12.4. The molecule has 0 aromatic heterocycles. The molecule has 0 amide bonds. The molecule has 2 unspecified atom stereocenters. The molecular weight excluding hydrogens is 479 g/mol. The number of carbonyl (C=O) groups excluding carboxylic acids is 4. The van der Waals surface area contributed by atoms with E-state index in [2.05, 4.69) is 11.7 Å². The van der Waals surface area contributed by atoms with Crippen LogP contribution in [0.25, 0.3) is 0 Å². The first-order valence-electron chi connectivity index (χ1n) is 12.1. The molecule has 0 aromatic rings. The van der Waals surface area contributed by atoms with Crippen LogP contribution >= 0.6 is 0 Å². The van der Waals surface area contributed by atoms with Crippen molar-refractivity contribution in [2.75, 3.05) is 13.7 Å². The zero-order valence-electron chi connectivity index (χ0n) is 21.5. The Bertz CT molecular complexity index is 959. The number of allylic oxidation sites excluding steroid dienone is 4. The third-order valence-corrected chi connectivity index (χ3v) is 9.01. The number of aliphatic carboxylic acids is 1. The van der Waals surface area contributed by atoms with Crippen molar-refractivity contribution >= 4 is 23.5 Å². The Morgan fingerprint density at radius 2 is 1.86 bits per heavy atom. The van der Waals surface area contributed by atoms with Crippen LogP contribution in [0.5, 0.6) is 0 Å². The molecule has 0 spiro atoms. The van der Waals surface area contributed by atoms with Gasteiger partial charge in [-0.1, -0.05) is 25.5 Å². The van der Waals surface area contributed by atoms with Gasteiger partial charge in [-0.3, -0.25) is 14.4 Å². The van der Waals surface area contributed by atoms with Crippen LogP contribution in [0.1, 0.15) is 58.8 Å². The monoisotopic (exact) mass is 514 g/mol. The van der Waals surface area contributed by atoms with Gasteiger partial charge >= 0.3 is 35.5 Å². The Labute approximate surface area is 233 Å². The van der Waals surface area contributed by atoms with E-state index in [1.165, 1.54) is 7.11 Å². The number of carboxylic acid groups (broad SMARTS) is 1. The summed E-state index contributed by atoms with van der Waals surface area (Å²) in [4.78, 5) is 44.1. The minimum absolute atomic E-state index is 0. The first kappa shape index (κ1) is 30.9. The van der Waals surface area contributed by atoms with E-state index in [0.29, 0.717) is 12.8 Å². The number of ether oxygens (including phenoxy) is 1. The van der Waals surface area contributed by atoms with E-state index in [-0.39, 0.29) is 71.4 Å². The van der Waals surface area contributed by atoms with E-state index < -0.39 is 41.4 Å². The van der Waals surface area contributed by atoms with Gasteiger partial charge in [0.15, 0.2) is 11.6 Å². The third kappa shape index (κ3) is 5.28. The van der Waals surface area contributed by atoms with Gasteiger partial charge in [-0.2, -0.15) is 0 Å². The molecule has 36 heavy (non-hydrogen) atoms. The Morgan fingerprint density at radius 1 is 1.19 bits per heavy atom. The van der Waals surface area contributed by atoms with Crippen molar-refractivity contribution in [3.63, 3.8) is 0 Å². The molecule has 3 N–H and O–H groups in total. The zero-order chi connectivity index (χ0) is 26.2. The molecule has 0 aliphatic heterocycles. The van der Waals surface area contributed by atoms with E-state index in [9.17, 15) is 39.6 Å². The summed E-state index contributed by atoms with van der Waals surface area (Å²) < 4.78 is 4.17. The van der Waals surface area contributed by atoms with Gasteiger partial charge in [0.2, 0.25) is 0 Å². The number of aliphatic hydroxyl groups excluding tert-OH is 2. The molecule has 4 aliphatic carbocycles. The number of esters is 1. The standard InChI is InChI=1S/C21H28O5.C5H8O4.Na/c1-19-7-5-13(23)9-12(19)3-4-14-15-6-8-21(26,17(25)11-22)20(15,2)10-16(24)18(14)19;1-9-5(8)3-2-4(6)7;/h5,7,9,14-16,18,22,24,26H,3-4,6,8,10-11H2,1-2H3;2-3H2,1H3,(H,6,7);/q;;+1/p-1/t14-,15?,16?,18+,19+,20+,21+;;/m1../s1. The topological polar surface area (TPSA) is 161 Å². The number of carbonyl (C=O) groups is 4. The number of methoxy groups -OCH3 is 1. The Hall–Kier alpha value is -1.36. The average molecular weight is 515 g/mol. The predicted octanol–water partition coefficient (Wildman–Crippen LogP) is -2.75. The molecule has 0 radical (unpaired) electrons. The normalized spacial score (nSPS) is 38.2. The van der Waals surface area contributed by atoms with E-state index in [4.69, 9.17) is 0 Å². The first-order valence-corrected chi connectivity index (χ1v) is 12.1. The van der Waals surface area contributed by atoms with Crippen molar-refractivity contribution in [2.24, 2.45) is 28.6 Å². The Kier molecular flexibility index (Phi) is 9.92. The van der Waals surface area contributed by atoms with Crippen molar-refractivity contribution in [3.05, 3.63) is 23.8 Å². The molecule has 4 aliphatic rings. The van der Waals surface area contributed by atoms with Crippen LogP contribution in [-0.4, -0.2) is 64.2 Å². The molecule has 10 heteroatoms. The fourth-order valence-corrected chi connectivity index (χ4v) is 7.23. The van der Waals surface area contributed by atoms with Gasteiger partial charge in [0, 0.05) is 22.7 Å². The van der Waals surface area contributed by atoms with Crippen LogP contribution in [0.4, 0.5) is 0 Å². The third-order valence-electron chi connectivity index (χ3n) is 9.01. The zero-order valence-corrected chi connectivity index (χ0v) is 23.5. The first-order chi connectivity index (χ1) is 16.3. The maximum Gasteiger partial charge on any atom is 1.00 e. The fourth-order valence-electron chi connectivity index (χ4n) is 7.23. The largest absolute Gasteiger partial charge is 1.00 e. The number of rotatable bonds is 5. The smallest absolute Gasteiger partial charge is 0.550 e. The van der Waals surface area contributed by atoms with Crippen LogP contribution in [0.3, 0.4) is 0 Å². The SMILES string of the molecule is COC(=O)CCC(=O)[O-].C[C@]12C=CC(=O)C=C1CC[C@@H]1C3CC[C@](O)(C(=O)CO)[C@@]3(C)CC(O)[C@H]12.[Na+]. The summed E-state index contributed by atoms with van der Waals surface area (Å²) in [6.45, 7) is 3.34. The molecule has 9 nitrogen and oxygen atoms in total. The summed E-state index contributed by atoms with van der Waals surface area (Å²) in [5, 5.41) is 41.4. The minimum Gasteiger partial charge on any atom is -0.550 e. The molecule has 194 valence electrons. The van der Waals surface area contributed by atoms with E-state index >= 15 is 0 Å². The molecule has 7 atom stereocenters. The van der Waals surface area contributed by atoms with E-state index in [1.54, 1.807) is 12.2 Å². The molecular formula is C26H35NaO9. The van der Waals surface area contributed by atoms with Crippen LogP contribution < -0.4 is 34.7 Å². The molecule has 0 bridgehead atoms. The van der Waals surface area contributed by atoms with Gasteiger partial charge in [0.25, 0.3) is 0 Å². The summed E-state index contributed by atoms with van der Waals surface area (Å²) >= 11 is 0. The predicted molar refractivity (Wildman–Crippen MR) is 121 cm³/mol. The summed E-state index contributed by atoms with van der Waals surface area (Å²) in [7, 11) is 1.21. The fraction of sp³-hybridized carbons (Fsp3) is 0.692. The summed E-state index contributed by atoms with van der Waals surface area (Å²) in [5.41, 5.74) is -1.54. The van der Waals surface area contributed by atoms with Gasteiger partial charge in [0.05, 0.1) is 19.6 Å². The van der Waals surface area contributed by atoms with Crippen molar-refractivity contribution in [3.8, 4) is 0 Å². The number of ketones is 2. The summed E-state index contributed by atoms with van der Waals surface area (Å²) in [6, 6.07) is 0. The van der Waals surface area contributed by atoms with E-state index in [1.807, 2.05) is 13.0 Å². The number of aliphatic hydroxyl groups is 3.